The highest BCUT2D eigenvalue weighted by Crippen LogP contribution is 2.64. The van der Waals surface area contributed by atoms with Crippen molar-refractivity contribution in [3.05, 3.63) is 22.8 Å². The first kappa shape index (κ1) is 18.8. The summed E-state index contributed by atoms with van der Waals surface area (Å²) < 4.78 is 11.5. The van der Waals surface area contributed by atoms with Gasteiger partial charge in [-0.3, -0.25) is 9.59 Å². The Morgan fingerprint density at radius 3 is 2.78 bits per heavy atom. The Bertz CT molecular complexity index is 826. The molecular formula is C22H27ClO4. The zero-order chi connectivity index (χ0) is 19.6. The van der Waals surface area contributed by atoms with Gasteiger partial charge >= 0.3 is 11.9 Å². The summed E-state index contributed by atoms with van der Waals surface area (Å²) in [7, 11) is 0. The molecule has 146 valence electrons. The van der Waals surface area contributed by atoms with E-state index in [1.54, 1.807) is 0 Å². The Balaban J connectivity index is 1.97. The fraction of sp³-hybridized carbons (Fsp3) is 0.636. The number of benzene rings is 1. The molecule has 27 heavy (non-hydrogen) atoms. The van der Waals surface area contributed by atoms with Gasteiger partial charge in [0.25, 0.3) is 0 Å². The Kier molecular flexibility index (Phi) is 4.34. The number of ether oxygens (including phenoxy) is 2. The Hall–Kier alpha value is -1.55. The molecule has 1 aromatic rings. The third-order valence-electron chi connectivity index (χ3n) is 6.93. The van der Waals surface area contributed by atoms with Crippen LogP contribution >= 0.6 is 11.6 Å². The van der Waals surface area contributed by atoms with Crippen molar-refractivity contribution < 1.29 is 19.1 Å². The van der Waals surface area contributed by atoms with Crippen LogP contribution in [0.1, 0.15) is 76.0 Å². The van der Waals surface area contributed by atoms with Gasteiger partial charge in [0.05, 0.1) is 0 Å². The van der Waals surface area contributed by atoms with Gasteiger partial charge in [-0.25, -0.2) is 0 Å². The van der Waals surface area contributed by atoms with Gasteiger partial charge in [0, 0.05) is 11.1 Å². The molecule has 0 aromatic heterocycles. The van der Waals surface area contributed by atoms with E-state index in [4.69, 9.17) is 21.1 Å². The van der Waals surface area contributed by atoms with Crippen LogP contribution in [-0.2, 0) is 21.4 Å². The molecule has 0 N–H and O–H groups in total. The SMILES string of the molecule is CC(C)c1cc2c3c(c1OC(=O)CCl)OC(=O)[C@@]31CCCC(C)(C)C1CC2. The first-order valence-electron chi connectivity index (χ1n) is 9.91. The minimum absolute atomic E-state index is 0.0836. The van der Waals surface area contributed by atoms with Crippen molar-refractivity contribution in [3.63, 3.8) is 0 Å². The molecule has 1 fully saturated rings. The zero-order valence-corrected chi connectivity index (χ0v) is 17.2. The predicted molar refractivity (Wildman–Crippen MR) is 104 cm³/mol. The third kappa shape index (κ3) is 2.55. The lowest BCUT2D eigenvalue weighted by atomic mass is 9.50. The van der Waals surface area contributed by atoms with Crippen LogP contribution in [0, 0.1) is 11.3 Å². The Morgan fingerprint density at radius 1 is 1.37 bits per heavy atom. The molecule has 1 unspecified atom stereocenters. The molecule has 1 saturated carbocycles. The summed E-state index contributed by atoms with van der Waals surface area (Å²) in [6, 6.07) is 2.13. The van der Waals surface area contributed by atoms with Gasteiger partial charge < -0.3 is 9.47 Å². The third-order valence-corrected chi connectivity index (χ3v) is 7.15. The van der Waals surface area contributed by atoms with Crippen LogP contribution < -0.4 is 9.47 Å². The summed E-state index contributed by atoms with van der Waals surface area (Å²) in [6.45, 7) is 8.64. The number of alkyl halides is 1. The molecule has 2 aliphatic carbocycles. The van der Waals surface area contributed by atoms with Crippen molar-refractivity contribution in [3.8, 4) is 11.5 Å². The van der Waals surface area contributed by atoms with Crippen LogP contribution in [0.25, 0.3) is 0 Å². The van der Waals surface area contributed by atoms with E-state index in [9.17, 15) is 9.59 Å². The minimum Gasteiger partial charge on any atom is -0.421 e. The quantitative estimate of drug-likeness (QED) is 0.419. The number of esters is 2. The summed E-state index contributed by atoms with van der Waals surface area (Å²) in [5.74, 6) is 0.332. The Morgan fingerprint density at radius 2 is 2.11 bits per heavy atom. The standard InChI is InChI=1S/C22H27ClO4/c1-12(2)14-10-13-6-7-15-21(3,4)8-5-9-22(15)17(13)19(27-20(22)25)18(14)26-16(24)11-23/h10,12,15H,5-9,11H2,1-4H3/t15?,22-/m1/s1. The van der Waals surface area contributed by atoms with E-state index in [1.807, 2.05) is 13.8 Å². The van der Waals surface area contributed by atoms with E-state index in [-0.39, 0.29) is 29.1 Å². The van der Waals surface area contributed by atoms with Crippen LogP contribution in [0.5, 0.6) is 11.5 Å². The van der Waals surface area contributed by atoms with Crippen molar-refractivity contribution in [2.24, 2.45) is 11.3 Å². The van der Waals surface area contributed by atoms with E-state index in [0.717, 1.165) is 43.2 Å². The second-order valence-electron chi connectivity index (χ2n) is 9.21. The predicted octanol–water partition coefficient (Wildman–Crippen LogP) is 4.88. The van der Waals surface area contributed by atoms with Gasteiger partial charge in [0.1, 0.15) is 11.3 Å². The summed E-state index contributed by atoms with van der Waals surface area (Å²) in [5, 5.41) is 0. The Labute approximate surface area is 165 Å². The fourth-order valence-corrected chi connectivity index (χ4v) is 5.83. The maximum Gasteiger partial charge on any atom is 0.326 e. The normalized spacial score (nSPS) is 27.8. The molecule has 0 bridgehead atoms. The van der Waals surface area contributed by atoms with Crippen LogP contribution in [0.4, 0.5) is 0 Å². The van der Waals surface area contributed by atoms with Gasteiger partial charge in [-0.15, -0.1) is 11.6 Å². The average Bonchev–Trinajstić information content (AvgIpc) is 2.90. The van der Waals surface area contributed by atoms with Gasteiger partial charge in [0.15, 0.2) is 11.5 Å². The molecule has 3 aliphatic rings. The van der Waals surface area contributed by atoms with Gasteiger partial charge in [0.2, 0.25) is 0 Å². The molecule has 1 aliphatic heterocycles. The first-order valence-corrected chi connectivity index (χ1v) is 10.4. The second-order valence-corrected chi connectivity index (χ2v) is 9.48. The summed E-state index contributed by atoms with van der Waals surface area (Å²) in [6.07, 6.45) is 4.85. The highest BCUT2D eigenvalue weighted by atomic mass is 35.5. The topological polar surface area (TPSA) is 52.6 Å². The first-order chi connectivity index (χ1) is 12.7. The van der Waals surface area contributed by atoms with Crippen LogP contribution in [0.15, 0.2) is 6.07 Å². The van der Waals surface area contributed by atoms with Crippen molar-refractivity contribution in [2.45, 2.75) is 71.1 Å². The van der Waals surface area contributed by atoms with E-state index >= 15 is 0 Å². The van der Waals surface area contributed by atoms with Gasteiger partial charge in [-0.05, 0) is 48.5 Å². The van der Waals surface area contributed by atoms with Crippen molar-refractivity contribution in [1.82, 2.24) is 0 Å². The second kappa shape index (κ2) is 6.23. The van der Waals surface area contributed by atoms with Crippen molar-refractivity contribution >= 4 is 23.5 Å². The molecule has 0 radical (unpaired) electrons. The highest BCUT2D eigenvalue weighted by Gasteiger charge is 2.62. The maximum absolute atomic E-state index is 13.3. The highest BCUT2D eigenvalue weighted by molar-refractivity contribution is 6.26. The molecule has 4 rings (SSSR count). The molecule has 1 heterocycles. The molecule has 1 aromatic carbocycles. The van der Waals surface area contributed by atoms with Crippen LogP contribution in [0.2, 0.25) is 0 Å². The number of hydrogen-bond acceptors (Lipinski definition) is 4. The van der Waals surface area contributed by atoms with E-state index in [0.29, 0.717) is 11.5 Å². The molecule has 2 atom stereocenters. The smallest absolute Gasteiger partial charge is 0.326 e. The minimum atomic E-state index is -0.595. The summed E-state index contributed by atoms with van der Waals surface area (Å²) in [4.78, 5) is 25.3. The van der Waals surface area contributed by atoms with Gasteiger partial charge in [-0.2, -0.15) is 0 Å². The van der Waals surface area contributed by atoms with Crippen molar-refractivity contribution in [2.75, 3.05) is 5.88 Å². The number of carbonyl (C=O) groups excluding carboxylic acids is 2. The number of aryl methyl sites for hydroxylation is 1. The van der Waals surface area contributed by atoms with E-state index < -0.39 is 11.4 Å². The van der Waals surface area contributed by atoms with Gasteiger partial charge in [-0.1, -0.05) is 40.2 Å². The summed E-state index contributed by atoms with van der Waals surface area (Å²) >= 11 is 5.68. The lowest BCUT2D eigenvalue weighted by Crippen LogP contribution is -2.52. The largest absolute Gasteiger partial charge is 0.421 e. The zero-order valence-electron chi connectivity index (χ0n) is 16.5. The number of carbonyl (C=O) groups is 2. The maximum atomic E-state index is 13.3. The number of rotatable bonds is 3. The number of hydrogen-bond donors (Lipinski definition) is 0. The van der Waals surface area contributed by atoms with Crippen LogP contribution in [0.3, 0.4) is 0 Å². The van der Waals surface area contributed by atoms with Crippen molar-refractivity contribution in [1.29, 1.82) is 0 Å². The molecule has 5 heteroatoms. The lowest BCUT2D eigenvalue weighted by Gasteiger charge is -2.51. The van der Waals surface area contributed by atoms with Crippen LogP contribution in [-0.4, -0.2) is 17.8 Å². The average molecular weight is 391 g/mol. The molecule has 4 nitrogen and oxygen atoms in total. The lowest BCUT2D eigenvalue weighted by molar-refractivity contribution is -0.146. The molecular weight excluding hydrogens is 364 g/mol. The molecule has 0 amide bonds. The summed E-state index contributed by atoms with van der Waals surface area (Å²) in [5.41, 5.74) is 2.56. The monoisotopic (exact) mass is 390 g/mol. The van der Waals surface area contributed by atoms with E-state index in [2.05, 4.69) is 19.9 Å². The molecule has 1 spiro atoms. The molecule has 0 saturated heterocycles. The fourth-order valence-electron chi connectivity index (χ4n) is 5.78. The van der Waals surface area contributed by atoms with E-state index in [1.165, 1.54) is 5.56 Å². The number of halogens is 1.